The van der Waals surface area contributed by atoms with Gasteiger partial charge in [0.15, 0.2) is 0 Å². The van der Waals surface area contributed by atoms with Crippen LogP contribution in [0.25, 0.3) is 10.9 Å². The molecule has 1 fully saturated rings. The van der Waals surface area contributed by atoms with E-state index in [1.54, 1.807) is 56.3 Å². The number of fused-ring (bicyclic) bond motifs is 4. The number of para-hydroxylation sites is 1. The lowest BCUT2D eigenvalue weighted by molar-refractivity contribution is -0.145. The molecule has 0 aliphatic carbocycles. The van der Waals surface area contributed by atoms with Crippen LogP contribution >= 0.6 is 21.6 Å². The average molecular weight is 1030 g/mol. The van der Waals surface area contributed by atoms with Gasteiger partial charge in [-0.05, 0) is 73.5 Å². The number of phenolic OH excluding ortho intramolecular Hbond substituents is 1. The zero-order valence-corrected chi connectivity index (χ0v) is 42.0. The number of aromatic amines is 1. The number of nitrogens with one attached hydrogen (secondary N) is 7. The summed E-state index contributed by atoms with van der Waals surface area (Å²) < 4.78 is 0. The van der Waals surface area contributed by atoms with Crippen molar-refractivity contribution < 1.29 is 48.6 Å². The van der Waals surface area contributed by atoms with E-state index in [4.69, 9.17) is 11.5 Å². The first-order valence-electron chi connectivity index (χ1n) is 23.9. The Hall–Kier alpha value is -6.62. The number of aromatic hydroxyl groups is 1. The first-order chi connectivity index (χ1) is 34.4. The van der Waals surface area contributed by atoms with Crippen LogP contribution in [0.2, 0.25) is 0 Å². The second kappa shape index (κ2) is 25.7. The number of carbonyl (C=O) groups excluding carboxylic acids is 7. The van der Waals surface area contributed by atoms with Gasteiger partial charge in [0.2, 0.25) is 41.4 Å². The van der Waals surface area contributed by atoms with Crippen molar-refractivity contribution in [3.05, 3.63) is 101 Å². The summed E-state index contributed by atoms with van der Waals surface area (Å²) in [5, 5.41) is 37.3. The molecule has 2 aliphatic rings. The van der Waals surface area contributed by atoms with E-state index in [1.807, 2.05) is 24.3 Å². The number of H-pyrrole nitrogens is 1. The molecule has 1 aromatic heterocycles. The van der Waals surface area contributed by atoms with Crippen LogP contribution in [0.4, 0.5) is 0 Å². The molecule has 0 saturated carbocycles. The van der Waals surface area contributed by atoms with E-state index in [0.29, 0.717) is 29.7 Å². The molecule has 0 unspecified atom stereocenters. The average Bonchev–Trinajstić information content (AvgIpc) is 3.72. The fourth-order valence-corrected chi connectivity index (χ4v) is 10.8. The van der Waals surface area contributed by atoms with Crippen LogP contribution in [0, 0.1) is 5.92 Å². The third kappa shape index (κ3) is 14.5. The molecule has 22 heteroatoms. The van der Waals surface area contributed by atoms with Crippen molar-refractivity contribution >= 4 is 79.8 Å². The molecule has 3 aromatic carbocycles. The zero-order valence-electron chi connectivity index (χ0n) is 40.4. The molecule has 386 valence electrons. The minimum atomic E-state index is -1.41. The molecule has 72 heavy (non-hydrogen) atoms. The number of carboxylic acids is 1. The number of nitrogens with zero attached hydrogens (tertiary/aromatic N) is 1. The van der Waals surface area contributed by atoms with Gasteiger partial charge in [-0.15, -0.1) is 0 Å². The van der Waals surface area contributed by atoms with Crippen LogP contribution in [-0.2, 0) is 64.2 Å². The van der Waals surface area contributed by atoms with Gasteiger partial charge in [0.1, 0.15) is 48.0 Å². The molecule has 13 N–H and O–H groups in total. The van der Waals surface area contributed by atoms with Gasteiger partial charge in [-0.1, -0.05) is 96.1 Å². The smallest absolute Gasteiger partial charge is 0.326 e. The summed E-state index contributed by atoms with van der Waals surface area (Å²) in [4.78, 5) is 118. The summed E-state index contributed by atoms with van der Waals surface area (Å²) in [5.74, 6) is -7.38. The third-order valence-corrected chi connectivity index (χ3v) is 15.0. The van der Waals surface area contributed by atoms with Gasteiger partial charge in [-0.3, -0.25) is 33.6 Å². The van der Waals surface area contributed by atoms with E-state index < -0.39 is 102 Å². The lowest BCUT2D eigenvalue weighted by Crippen LogP contribution is -2.62. The lowest BCUT2D eigenvalue weighted by Gasteiger charge is -2.38. The highest BCUT2D eigenvalue weighted by atomic mass is 33.1. The van der Waals surface area contributed by atoms with Crippen molar-refractivity contribution in [3.63, 3.8) is 0 Å². The van der Waals surface area contributed by atoms with E-state index in [1.165, 1.54) is 24.0 Å². The predicted octanol–water partition coefficient (Wildman–Crippen LogP) is 1.13. The van der Waals surface area contributed by atoms with Gasteiger partial charge >= 0.3 is 5.97 Å². The van der Waals surface area contributed by atoms with E-state index in [2.05, 4.69) is 36.9 Å². The Balaban J connectivity index is 1.45. The second-order valence-corrected chi connectivity index (χ2v) is 20.9. The number of unbranched alkanes of at least 4 members (excludes halogenated alkanes) is 1. The number of benzene rings is 3. The standard InChI is InChI=1S/C50H64N10O10S2/c1-27(2)42(50(69)70)59-47(66)40-26-72-71-25-39(57-43(62)28(3)52)46(65)56-37(22-29-11-5-4-6-12-29)49(68)60-24-38-33(32-13-7-8-14-34(32)53-38)23-41(60)48(67)54-35(15-9-10-20-51)44(63)55-36(45(64)58-40)21-30-16-18-31(61)19-17-30/h4-8,11-14,16-19,27-28,35-37,39-42,53,61H,9-10,15,20-26,51-52H2,1-3H3,(H,54,67)(H,55,63)(H,56,65)(H,57,62)(H,58,64)(H,59,66)(H,69,70)/t28-,35-,36-,37-,39-,40-,41+,42-/m0/s1. The molecule has 3 heterocycles. The number of carboxylic acid groups (broad SMARTS) is 1. The van der Waals surface area contributed by atoms with Crippen LogP contribution in [0.1, 0.15) is 62.4 Å². The lowest BCUT2D eigenvalue weighted by atomic mass is 9.93. The summed E-state index contributed by atoms with van der Waals surface area (Å²) in [6, 6.07) is 12.1. The van der Waals surface area contributed by atoms with E-state index >= 15 is 9.59 Å². The Labute approximate surface area is 425 Å². The summed E-state index contributed by atoms with van der Waals surface area (Å²) in [7, 11) is 2.09. The molecular weight excluding hydrogens is 965 g/mol. The van der Waals surface area contributed by atoms with Crippen LogP contribution < -0.4 is 43.4 Å². The zero-order chi connectivity index (χ0) is 52.1. The number of amides is 7. The predicted molar refractivity (Wildman–Crippen MR) is 274 cm³/mol. The van der Waals surface area contributed by atoms with Crippen molar-refractivity contribution in [2.45, 2.75) is 114 Å². The maximum Gasteiger partial charge on any atom is 0.326 e. The maximum atomic E-state index is 15.3. The normalized spacial score (nSPS) is 22.5. The molecule has 7 amide bonds. The minimum Gasteiger partial charge on any atom is -0.508 e. The van der Waals surface area contributed by atoms with Gasteiger partial charge in [0, 0.05) is 47.4 Å². The second-order valence-electron chi connectivity index (χ2n) is 18.4. The van der Waals surface area contributed by atoms with Gasteiger partial charge < -0.3 is 63.5 Å². The van der Waals surface area contributed by atoms with Crippen molar-refractivity contribution in [1.29, 1.82) is 0 Å². The van der Waals surface area contributed by atoms with Crippen molar-refractivity contribution in [2.24, 2.45) is 17.4 Å². The molecular formula is C50H64N10O10S2. The molecule has 0 radical (unpaired) electrons. The van der Waals surface area contributed by atoms with Crippen molar-refractivity contribution in [2.75, 3.05) is 18.1 Å². The van der Waals surface area contributed by atoms with Gasteiger partial charge in [-0.2, -0.15) is 0 Å². The first-order valence-corrected chi connectivity index (χ1v) is 26.4. The van der Waals surface area contributed by atoms with E-state index in [9.17, 15) is 39.0 Å². The molecule has 6 rings (SSSR count). The topological polar surface area (TPSA) is 320 Å². The monoisotopic (exact) mass is 1030 g/mol. The molecule has 0 bridgehead atoms. The third-order valence-electron chi connectivity index (χ3n) is 12.5. The molecule has 0 spiro atoms. The minimum absolute atomic E-state index is 0.0115. The highest BCUT2D eigenvalue weighted by Gasteiger charge is 2.42. The molecule has 20 nitrogen and oxygen atoms in total. The number of nitrogens with two attached hydrogens (primary N) is 2. The fraction of sp³-hybridized carbons (Fsp3) is 0.440. The van der Waals surface area contributed by atoms with Gasteiger partial charge in [-0.25, -0.2) is 4.79 Å². The van der Waals surface area contributed by atoms with Crippen LogP contribution in [-0.4, -0.2) is 134 Å². The molecule has 1 saturated heterocycles. The fourth-order valence-electron chi connectivity index (χ4n) is 8.52. The number of aliphatic carboxylic acids is 1. The number of hydrogen-bond acceptors (Lipinski definition) is 13. The van der Waals surface area contributed by atoms with Gasteiger partial charge in [0.05, 0.1) is 12.6 Å². The first kappa shape index (κ1) is 54.7. The number of rotatable bonds is 14. The van der Waals surface area contributed by atoms with Crippen molar-refractivity contribution in [1.82, 2.24) is 41.8 Å². The number of carbonyl (C=O) groups is 8. The SMILES string of the molecule is CC(C)[C@H](NC(=O)[C@@H]1CSSC[C@H](NC(=O)[C@H](C)N)C(=O)N[C@@H](Cc2ccccc2)C(=O)N2Cc3[nH]c4ccccc4c3C[C@@H]2C(=O)N[C@@H](CCCCN)C(=O)N[C@@H](Cc2ccc(O)cc2)C(=O)N1)C(=O)O. The Morgan fingerprint density at radius 3 is 2.07 bits per heavy atom. The quantitative estimate of drug-likeness (QED) is 0.0624. The van der Waals surface area contributed by atoms with Crippen LogP contribution in [0.5, 0.6) is 5.75 Å². The van der Waals surface area contributed by atoms with E-state index in [0.717, 1.165) is 38.1 Å². The molecule has 4 aromatic rings. The Morgan fingerprint density at radius 2 is 1.39 bits per heavy atom. The Bertz CT molecular complexity index is 2580. The summed E-state index contributed by atoms with van der Waals surface area (Å²) in [6.45, 7) is 4.86. The summed E-state index contributed by atoms with van der Waals surface area (Å²) >= 11 is 0. The Kier molecular flexibility index (Phi) is 19.5. The highest BCUT2D eigenvalue weighted by Crippen LogP contribution is 2.32. The number of hydrogen-bond donors (Lipinski definition) is 11. The van der Waals surface area contributed by atoms with Crippen molar-refractivity contribution in [3.8, 4) is 5.75 Å². The van der Waals surface area contributed by atoms with Crippen LogP contribution in [0.15, 0.2) is 78.9 Å². The largest absolute Gasteiger partial charge is 0.508 e. The number of phenols is 1. The molecule has 8 atom stereocenters. The Morgan fingerprint density at radius 1 is 0.764 bits per heavy atom. The summed E-state index contributed by atoms with van der Waals surface area (Å²) in [6.07, 6.45) is 0.809. The van der Waals surface area contributed by atoms with Crippen LogP contribution in [0.3, 0.4) is 0 Å². The maximum absolute atomic E-state index is 15.3. The molecule has 2 aliphatic heterocycles. The number of aromatic nitrogens is 1. The summed E-state index contributed by atoms with van der Waals surface area (Å²) in [5.41, 5.74) is 15.2. The van der Waals surface area contributed by atoms with E-state index in [-0.39, 0.29) is 56.0 Å². The highest BCUT2D eigenvalue weighted by molar-refractivity contribution is 8.76. The van der Waals surface area contributed by atoms with Gasteiger partial charge in [0.25, 0.3) is 0 Å².